The lowest BCUT2D eigenvalue weighted by Gasteiger charge is -2.41. The summed E-state index contributed by atoms with van der Waals surface area (Å²) in [5, 5.41) is 7.35. The number of fused-ring (bicyclic) bond motifs is 1. The summed E-state index contributed by atoms with van der Waals surface area (Å²) in [6.07, 6.45) is 0. The Balaban J connectivity index is 1.63. The molecule has 2 N–H and O–H groups in total. The second kappa shape index (κ2) is 9.67. The molecular formula is C20H31ClN4O3. The Bertz CT molecular complexity index is 690. The minimum Gasteiger partial charge on any atom is -0.486 e. The van der Waals surface area contributed by atoms with Gasteiger partial charge in [0.2, 0.25) is 0 Å². The Labute approximate surface area is 172 Å². The van der Waals surface area contributed by atoms with Gasteiger partial charge in [0.05, 0.1) is 24.8 Å². The van der Waals surface area contributed by atoms with E-state index in [4.69, 9.17) is 30.8 Å². The Morgan fingerprint density at radius 1 is 1.14 bits per heavy atom. The molecule has 0 saturated carbocycles. The van der Waals surface area contributed by atoms with E-state index in [1.54, 1.807) is 0 Å². The van der Waals surface area contributed by atoms with Crippen molar-refractivity contribution in [1.29, 1.82) is 0 Å². The highest BCUT2D eigenvalue weighted by Gasteiger charge is 2.28. The molecule has 1 saturated heterocycles. The van der Waals surface area contributed by atoms with Gasteiger partial charge in [-0.2, -0.15) is 0 Å². The van der Waals surface area contributed by atoms with E-state index in [2.05, 4.69) is 36.3 Å². The highest BCUT2D eigenvalue weighted by molar-refractivity contribution is 6.32. The van der Waals surface area contributed by atoms with Crippen molar-refractivity contribution in [3.63, 3.8) is 0 Å². The van der Waals surface area contributed by atoms with E-state index in [-0.39, 0.29) is 5.54 Å². The first kappa shape index (κ1) is 21.0. The summed E-state index contributed by atoms with van der Waals surface area (Å²) in [5.74, 6) is 2.10. The van der Waals surface area contributed by atoms with Crippen molar-refractivity contribution in [1.82, 2.24) is 15.5 Å². The number of hydrogen-bond acceptors (Lipinski definition) is 5. The maximum absolute atomic E-state index is 6.33. The second-order valence-electron chi connectivity index (χ2n) is 7.56. The molecule has 1 fully saturated rings. The molecule has 0 radical (unpaired) electrons. The van der Waals surface area contributed by atoms with Crippen LogP contribution in [0.3, 0.4) is 0 Å². The fourth-order valence-electron chi connectivity index (χ4n) is 3.35. The van der Waals surface area contributed by atoms with Crippen molar-refractivity contribution in [2.75, 3.05) is 52.6 Å². The van der Waals surface area contributed by atoms with Crippen LogP contribution in [0.15, 0.2) is 17.1 Å². The van der Waals surface area contributed by atoms with Gasteiger partial charge in [0.15, 0.2) is 17.5 Å². The van der Waals surface area contributed by atoms with Gasteiger partial charge in [-0.05, 0) is 38.5 Å². The molecule has 1 aromatic rings. The summed E-state index contributed by atoms with van der Waals surface area (Å²) in [4.78, 5) is 7.17. The molecule has 3 rings (SSSR count). The predicted molar refractivity (Wildman–Crippen MR) is 112 cm³/mol. The standard InChI is InChI=1S/C20H31ClN4O3/c1-4-22-19(24-14-20(2,3)25-5-7-26-8-6-25)23-13-15-11-16(21)18-17(12-15)27-9-10-28-18/h11-12H,4-10,13-14H2,1-3H3,(H2,22,23,24). The average Bonchev–Trinajstić information content (AvgIpc) is 2.71. The van der Waals surface area contributed by atoms with Crippen LogP contribution in [0.2, 0.25) is 5.02 Å². The van der Waals surface area contributed by atoms with Crippen molar-refractivity contribution < 1.29 is 14.2 Å². The fraction of sp³-hybridized carbons (Fsp3) is 0.650. The molecule has 0 atom stereocenters. The number of guanidine groups is 1. The van der Waals surface area contributed by atoms with Gasteiger partial charge in [0.1, 0.15) is 13.2 Å². The van der Waals surface area contributed by atoms with Crippen LogP contribution in [-0.4, -0.2) is 69.0 Å². The summed E-state index contributed by atoms with van der Waals surface area (Å²) < 4.78 is 16.7. The first-order chi connectivity index (χ1) is 13.5. The summed E-state index contributed by atoms with van der Waals surface area (Å²) in [6, 6.07) is 3.84. The number of ether oxygens (including phenoxy) is 3. The molecule has 0 aromatic heterocycles. The number of hydrogen-bond donors (Lipinski definition) is 2. The maximum Gasteiger partial charge on any atom is 0.191 e. The van der Waals surface area contributed by atoms with Crippen LogP contribution in [0.5, 0.6) is 11.5 Å². The second-order valence-corrected chi connectivity index (χ2v) is 7.97. The normalized spacial score (nSPS) is 18.1. The summed E-state index contributed by atoms with van der Waals surface area (Å²) in [5.41, 5.74) is 0.999. The summed E-state index contributed by atoms with van der Waals surface area (Å²) in [7, 11) is 0. The molecule has 7 nitrogen and oxygen atoms in total. The van der Waals surface area contributed by atoms with Crippen molar-refractivity contribution in [2.24, 2.45) is 4.99 Å². The van der Waals surface area contributed by atoms with E-state index < -0.39 is 0 Å². The van der Waals surface area contributed by atoms with E-state index in [1.165, 1.54) is 0 Å². The van der Waals surface area contributed by atoms with Gasteiger partial charge in [-0.15, -0.1) is 0 Å². The van der Waals surface area contributed by atoms with Crippen LogP contribution in [0.1, 0.15) is 26.3 Å². The largest absolute Gasteiger partial charge is 0.486 e. The summed E-state index contributed by atoms with van der Waals surface area (Å²) >= 11 is 6.33. The quantitative estimate of drug-likeness (QED) is 0.554. The average molecular weight is 411 g/mol. The monoisotopic (exact) mass is 410 g/mol. The van der Waals surface area contributed by atoms with Gasteiger partial charge in [-0.25, -0.2) is 4.99 Å². The van der Waals surface area contributed by atoms with Gasteiger partial charge in [-0.3, -0.25) is 4.90 Å². The molecule has 2 heterocycles. The van der Waals surface area contributed by atoms with Crippen molar-refractivity contribution in [2.45, 2.75) is 32.9 Å². The van der Waals surface area contributed by atoms with Gasteiger partial charge in [0, 0.05) is 31.7 Å². The van der Waals surface area contributed by atoms with Crippen molar-refractivity contribution >= 4 is 17.6 Å². The van der Waals surface area contributed by atoms with Gasteiger partial charge >= 0.3 is 0 Å². The van der Waals surface area contributed by atoms with Crippen LogP contribution in [0, 0.1) is 0 Å². The SMILES string of the molecule is CCNC(=NCc1cc(Cl)c2c(c1)OCCO2)NCC(C)(C)N1CCOCC1. The first-order valence-electron chi connectivity index (χ1n) is 9.92. The van der Waals surface area contributed by atoms with Gasteiger partial charge in [0.25, 0.3) is 0 Å². The molecule has 2 aliphatic rings. The minimum absolute atomic E-state index is 0.0142. The Hall–Kier alpha value is -1.70. The molecule has 1 aromatic carbocycles. The van der Waals surface area contributed by atoms with Crippen LogP contribution in [0.4, 0.5) is 0 Å². The van der Waals surface area contributed by atoms with E-state index in [0.717, 1.165) is 50.9 Å². The highest BCUT2D eigenvalue weighted by Crippen LogP contribution is 2.38. The molecule has 0 unspecified atom stereocenters. The zero-order valence-corrected chi connectivity index (χ0v) is 17.8. The molecule has 0 spiro atoms. The number of halogens is 1. The molecule has 2 aliphatic heterocycles. The number of benzene rings is 1. The first-order valence-corrected chi connectivity index (χ1v) is 10.3. The van der Waals surface area contributed by atoms with Crippen LogP contribution in [-0.2, 0) is 11.3 Å². The molecule has 28 heavy (non-hydrogen) atoms. The van der Waals surface area contributed by atoms with Crippen molar-refractivity contribution in [3.05, 3.63) is 22.7 Å². The van der Waals surface area contributed by atoms with Crippen molar-refractivity contribution in [3.8, 4) is 11.5 Å². The van der Waals surface area contributed by atoms with E-state index in [1.807, 2.05) is 12.1 Å². The van der Waals surface area contributed by atoms with Crippen LogP contribution < -0.4 is 20.1 Å². The molecule has 8 heteroatoms. The summed E-state index contributed by atoms with van der Waals surface area (Å²) in [6.45, 7) is 13.2. The fourth-order valence-corrected chi connectivity index (χ4v) is 3.64. The lowest BCUT2D eigenvalue weighted by Crippen LogP contribution is -2.56. The van der Waals surface area contributed by atoms with Crippen LogP contribution >= 0.6 is 11.6 Å². The number of rotatable bonds is 6. The van der Waals surface area contributed by atoms with Gasteiger partial charge < -0.3 is 24.8 Å². The predicted octanol–water partition coefficient (Wildman–Crippen LogP) is 2.28. The Morgan fingerprint density at radius 2 is 1.89 bits per heavy atom. The number of aliphatic imine (C=N–C) groups is 1. The zero-order valence-electron chi connectivity index (χ0n) is 17.0. The number of morpholine rings is 1. The third-order valence-corrected chi connectivity index (χ3v) is 5.26. The molecule has 0 bridgehead atoms. The smallest absolute Gasteiger partial charge is 0.191 e. The zero-order chi connectivity index (χ0) is 20.0. The van der Waals surface area contributed by atoms with E-state index in [0.29, 0.717) is 36.3 Å². The van der Waals surface area contributed by atoms with Crippen LogP contribution in [0.25, 0.3) is 0 Å². The Morgan fingerprint density at radius 3 is 2.64 bits per heavy atom. The maximum atomic E-state index is 6.33. The third-order valence-electron chi connectivity index (χ3n) is 4.98. The molecule has 0 aliphatic carbocycles. The number of nitrogens with one attached hydrogen (secondary N) is 2. The lowest BCUT2D eigenvalue weighted by atomic mass is 10.0. The van der Waals surface area contributed by atoms with Gasteiger partial charge in [-0.1, -0.05) is 11.6 Å². The molecule has 0 amide bonds. The Kier molecular flexibility index (Phi) is 7.26. The number of nitrogens with zero attached hydrogens (tertiary/aromatic N) is 2. The van der Waals surface area contributed by atoms with E-state index in [9.17, 15) is 0 Å². The topological polar surface area (TPSA) is 67.4 Å². The molecule has 156 valence electrons. The highest BCUT2D eigenvalue weighted by atomic mass is 35.5. The third kappa shape index (κ3) is 5.43. The molecular weight excluding hydrogens is 380 g/mol. The lowest BCUT2D eigenvalue weighted by molar-refractivity contribution is -0.00834. The minimum atomic E-state index is 0.0142. The van der Waals surface area contributed by atoms with E-state index >= 15 is 0 Å².